The molecule has 1 heterocycles. The van der Waals surface area contributed by atoms with Crippen LogP contribution in [-0.4, -0.2) is 37.3 Å². The Labute approximate surface area is 166 Å². The molecule has 1 fully saturated rings. The van der Waals surface area contributed by atoms with E-state index in [0.29, 0.717) is 0 Å². The Balaban J connectivity index is 1.58. The maximum absolute atomic E-state index is 11.6. The summed E-state index contributed by atoms with van der Waals surface area (Å²) in [5.74, 6) is 0. The van der Waals surface area contributed by atoms with E-state index in [-0.39, 0.29) is 17.0 Å². The van der Waals surface area contributed by atoms with Crippen molar-refractivity contribution in [1.29, 1.82) is 0 Å². The van der Waals surface area contributed by atoms with Crippen LogP contribution in [0.1, 0.15) is 28.8 Å². The predicted octanol–water partition coefficient (Wildman–Crippen LogP) is 3.60. The number of aliphatic hydroxyl groups excluding tert-OH is 1. The van der Waals surface area contributed by atoms with Gasteiger partial charge < -0.3 is 5.11 Å². The summed E-state index contributed by atoms with van der Waals surface area (Å²) in [5, 5.41) is 10.9. The fraction of sp³-hybridized carbons (Fsp3) is 0.217. The highest BCUT2D eigenvalue weighted by molar-refractivity contribution is 7.90. The predicted molar refractivity (Wildman–Crippen MR) is 110 cm³/mol. The molecule has 4 rings (SSSR count). The van der Waals surface area contributed by atoms with Crippen LogP contribution < -0.4 is 0 Å². The van der Waals surface area contributed by atoms with Crippen molar-refractivity contribution >= 4 is 9.84 Å². The lowest BCUT2D eigenvalue weighted by molar-refractivity contribution is 0.153. The average Bonchev–Trinajstić information content (AvgIpc) is 3.49. The van der Waals surface area contributed by atoms with Gasteiger partial charge in [-0.1, -0.05) is 72.8 Å². The van der Waals surface area contributed by atoms with E-state index >= 15 is 0 Å². The largest absolute Gasteiger partial charge is 0.387 e. The summed E-state index contributed by atoms with van der Waals surface area (Å²) >= 11 is 0. The number of rotatable bonds is 6. The van der Waals surface area contributed by atoms with Crippen LogP contribution in [0.15, 0.2) is 89.8 Å². The number of nitrogens with zero attached hydrogens (tertiary/aromatic N) is 1. The van der Waals surface area contributed by atoms with Gasteiger partial charge in [0, 0.05) is 12.8 Å². The molecular weight excluding hydrogens is 370 g/mol. The molecule has 1 N–H and O–H groups in total. The van der Waals surface area contributed by atoms with Crippen LogP contribution >= 0.6 is 0 Å². The van der Waals surface area contributed by atoms with Gasteiger partial charge in [0.25, 0.3) is 0 Å². The number of benzene rings is 3. The van der Waals surface area contributed by atoms with Gasteiger partial charge in [-0.2, -0.15) is 0 Å². The lowest BCUT2D eigenvalue weighted by Gasteiger charge is -2.22. The average molecular weight is 394 g/mol. The SMILES string of the molecule is CS(=O)(=O)c1ccc([C@@H](O)C2C[N@]2C(c2ccccc2)c2ccccc2)cc1. The number of hydrogen-bond donors (Lipinski definition) is 1. The molecule has 0 radical (unpaired) electrons. The molecule has 0 saturated carbocycles. The first-order chi connectivity index (χ1) is 13.4. The van der Waals surface area contributed by atoms with E-state index in [2.05, 4.69) is 29.2 Å². The third-order valence-corrected chi connectivity index (χ3v) is 6.40. The molecule has 1 aliphatic rings. The lowest BCUT2D eigenvalue weighted by atomic mass is 9.98. The summed E-state index contributed by atoms with van der Waals surface area (Å²) in [6, 6.07) is 27.2. The summed E-state index contributed by atoms with van der Waals surface area (Å²) < 4.78 is 23.3. The van der Waals surface area contributed by atoms with E-state index in [4.69, 9.17) is 0 Å². The van der Waals surface area contributed by atoms with E-state index < -0.39 is 15.9 Å². The van der Waals surface area contributed by atoms with Crippen molar-refractivity contribution in [2.75, 3.05) is 12.8 Å². The fourth-order valence-corrected chi connectivity index (χ4v) is 4.36. The third-order valence-electron chi connectivity index (χ3n) is 5.27. The highest BCUT2D eigenvalue weighted by Crippen LogP contribution is 2.42. The highest BCUT2D eigenvalue weighted by atomic mass is 32.2. The molecule has 0 amide bonds. The lowest BCUT2D eigenvalue weighted by Crippen LogP contribution is -2.17. The van der Waals surface area contributed by atoms with Crippen molar-refractivity contribution in [2.24, 2.45) is 0 Å². The number of hydrogen-bond acceptors (Lipinski definition) is 4. The Morgan fingerprint density at radius 2 is 1.32 bits per heavy atom. The zero-order chi connectivity index (χ0) is 19.7. The van der Waals surface area contributed by atoms with Gasteiger partial charge in [0.2, 0.25) is 0 Å². The van der Waals surface area contributed by atoms with Crippen LogP contribution in [0, 0.1) is 0 Å². The normalized spacial score (nSPS) is 20.1. The second-order valence-corrected chi connectivity index (χ2v) is 9.29. The molecule has 5 heteroatoms. The van der Waals surface area contributed by atoms with E-state index in [0.717, 1.165) is 12.1 Å². The topological polar surface area (TPSA) is 57.4 Å². The Kier molecular flexibility index (Phi) is 5.06. The molecule has 28 heavy (non-hydrogen) atoms. The summed E-state index contributed by atoms with van der Waals surface area (Å²) in [7, 11) is -3.24. The molecule has 4 nitrogen and oxygen atoms in total. The summed E-state index contributed by atoms with van der Waals surface area (Å²) in [4.78, 5) is 2.54. The number of sulfone groups is 1. The maximum Gasteiger partial charge on any atom is 0.175 e. The molecule has 1 unspecified atom stereocenters. The molecule has 1 saturated heterocycles. The van der Waals surface area contributed by atoms with Gasteiger partial charge >= 0.3 is 0 Å². The van der Waals surface area contributed by atoms with Crippen molar-refractivity contribution in [3.8, 4) is 0 Å². The molecular formula is C23H23NO3S. The Morgan fingerprint density at radius 3 is 1.79 bits per heavy atom. The minimum atomic E-state index is -3.24. The van der Waals surface area contributed by atoms with Crippen molar-refractivity contribution in [3.05, 3.63) is 102 Å². The van der Waals surface area contributed by atoms with Crippen molar-refractivity contribution < 1.29 is 13.5 Å². The monoisotopic (exact) mass is 393 g/mol. The van der Waals surface area contributed by atoms with Gasteiger partial charge in [0.15, 0.2) is 9.84 Å². The Morgan fingerprint density at radius 1 is 0.821 bits per heavy atom. The standard InChI is InChI=1S/C23H23NO3S/c1-28(26,27)20-14-12-19(13-15-20)23(25)21-16-24(21)22(17-8-4-2-5-9-17)18-10-6-3-7-11-18/h2-15,21-23,25H,16H2,1H3/t21?,23-,24+/m1/s1. The smallest absolute Gasteiger partial charge is 0.175 e. The summed E-state index contributed by atoms with van der Waals surface area (Å²) in [6.07, 6.45) is 0.522. The van der Waals surface area contributed by atoms with Crippen molar-refractivity contribution in [2.45, 2.75) is 23.1 Å². The first-order valence-electron chi connectivity index (χ1n) is 9.29. The first kappa shape index (κ1) is 18.9. The molecule has 144 valence electrons. The van der Waals surface area contributed by atoms with Crippen LogP contribution in [-0.2, 0) is 9.84 Å². The Hall–Kier alpha value is -2.47. The van der Waals surface area contributed by atoms with Crippen LogP contribution in [0.25, 0.3) is 0 Å². The molecule has 0 bridgehead atoms. The van der Waals surface area contributed by atoms with Crippen molar-refractivity contribution in [1.82, 2.24) is 4.90 Å². The van der Waals surface area contributed by atoms with E-state index in [1.807, 2.05) is 36.4 Å². The molecule has 0 aromatic heterocycles. The molecule has 3 aromatic rings. The van der Waals surface area contributed by atoms with E-state index in [1.165, 1.54) is 17.4 Å². The Bertz CT molecular complexity index is 995. The summed E-state index contributed by atoms with van der Waals surface area (Å²) in [6.45, 7) is 0.781. The minimum Gasteiger partial charge on any atom is -0.387 e. The van der Waals surface area contributed by atoms with Gasteiger partial charge in [-0.15, -0.1) is 0 Å². The zero-order valence-electron chi connectivity index (χ0n) is 15.6. The third kappa shape index (κ3) is 3.87. The van der Waals surface area contributed by atoms with Crippen LogP contribution in [0.5, 0.6) is 0 Å². The van der Waals surface area contributed by atoms with Crippen LogP contribution in [0.4, 0.5) is 0 Å². The molecule has 3 atom stereocenters. The quantitative estimate of drug-likeness (QED) is 0.650. The van der Waals surface area contributed by atoms with Crippen LogP contribution in [0.3, 0.4) is 0 Å². The fourth-order valence-electron chi connectivity index (χ4n) is 3.73. The van der Waals surface area contributed by atoms with Crippen molar-refractivity contribution in [3.63, 3.8) is 0 Å². The van der Waals surface area contributed by atoms with E-state index in [1.54, 1.807) is 24.3 Å². The number of aliphatic hydroxyl groups is 1. The second-order valence-electron chi connectivity index (χ2n) is 7.27. The van der Waals surface area contributed by atoms with Gasteiger partial charge in [0.05, 0.1) is 23.1 Å². The molecule has 0 spiro atoms. The summed E-state index contributed by atoms with van der Waals surface area (Å²) in [5.41, 5.74) is 3.12. The minimum absolute atomic E-state index is 0.00510. The maximum atomic E-state index is 11.6. The first-order valence-corrected chi connectivity index (χ1v) is 11.2. The molecule has 3 aromatic carbocycles. The van der Waals surface area contributed by atoms with Gasteiger partial charge in [0.1, 0.15) is 0 Å². The van der Waals surface area contributed by atoms with Gasteiger partial charge in [-0.25, -0.2) is 8.42 Å². The highest BCUT2D eigenvalue weighted by Gasteiger charge is 2.45. The van der Waals surface area contributed by atoms with Gasteiger partial charge in [-0.3, -0.25) is 4.90 Å². The van der Waals surface area contributed by atoms with Crippen LogP contribution in [0.2, 0.25) is 0 Å². The zero-order valence-corrected chi connectivity index (χ0v) is 16.5. The molecule has 0 aliphatic carbocycles. The van der Waals surface area contributed by atoms with Gasteiger partial charge in [-0.05, 0) is 28.8 Å². The van der Waals surface area contributed by atoms with E-state index in [9.17, 15) is 13.5 Å². The second kappa shape index (κ2) is 7.51. The molecule has 1 aliphatic heterocycles.